The first-order chi connectivity index (χ1) is 11.8. The van der Waals surface area contributed by atoms with Gasteiger partial charge in [-0.3, -0.25) is 14.7 Å². The molecule has 134 valence electrons. The normalized spacial score (nSPS) is 16.2. The predicted molar refractivity (Wildman–Crippen MR) is 101 cm³/mol. The van der Waals surface area contributed by atoms with Crippen LogP contribution in [-0.4, -0.2) is 51.9 Å². The molecule has 0 spiro atoms. The number of rotatable bonds is 3. The monoisotopic (exact) mass is 378 g/mol. The minimum atomic E-state index is -0.0502. The number of hydrogen-bond acceptors (Lipinski definition) is 5. The van der Waals surface area contributed by atoms with Crippen LogP contribution < -0.4 is 0 Å². The van der Waals surface area contributed by atoms with E-state index in [1.807, 2.05) is 4.90 Å². The van der Waals surface area contributed by atoms with Crippen molar-refractivity contribution in [2.24, 2.45) is 0 Å². The van der Waals surface area contributed by atoms with E-state index in [2.05, 4.69) is 36.0 Å². The number of piperazine rings is 1. The number of thiazole rings is 1. The highest BCUT2D eigenvalue weighted by Gasteiger charge is 2.24. The molecule has 1 aliphatic rings. The van der Waals surface area contributed by atoms with Gasteiger partial charge in [0, 0.05) is 54.7 Å². The molecular formula is C18H23ClN4OS. The maximum absolute atomic E-state index is 12.5. The number of carbonyl (C=O) groups excluding carboxylic acids is 1. The molecule has 0 unspecified atom stereocenters. The highest BCUT2D eigenvalue weighted by molar-refractivity contribution is 7.09. The Morgan fingerprint density at radius 2 is 2.00 bits per heavy atom. The summed E-state index contributed by atoms with van der Waals surface area (Å²) in [5.41, 5.74) is 1.62. The molecule has 3 heterocycles. The first kappa shape index (κ1) is 18.3. The van der Waals surface area contributed by atoms with Crippen LogP contribution in [0.2, 0.25) is 5.02 Å². The molecule has 0 atom stereocenters. The van der Waals surface area contributed by atoms with E-state index in [4.69, 9.17) is 16.6 Å². The van der Waals surface area contributed by atoms with Crippen LogP contribution in [0.3, 0.4) is 0 Å². The topological polar surface area (TPSA) is 49.3 Å². The van der Waals surface area contributed by atoms with E-state index in [0.717, 1.165) is 25.3 Å². The summed E-state index contributed by atoms with van der Waals surface area (Å²) >= 11 is 7.68. The zero-order chi connectivity index (χ0) is 18.0. The van der Waals surface area contributed by atoms with Crippen LogP contribution in [0.5, 0.6) is 0 Å². The molecule has 1 aliphatic heterocycles. The van der Waals surface area contributed by atoms with Crippen molar-refractivity contribution in [3.63, 3.8) is 0 Å². The molecular weight excluding hydrogens is 356 g/mol. The third kappa shape index (κ3) is 4.57. The molecule has 3 rings (SSSR count). The van der Waals surface area contributed by atoms with Gasteiger partial charge in [-0.1, -0.05) is 32.4 Å². The summed E-state index contributed by atoms with van der Waals surface area (Å²) < 4.78 is 0. The van der Waals surface area contributed by atoms with Crippen molar-refractivity contribution in [2.45, 2.75) is 32.7 Å². The molecule has 2 aromatic rings. The quantitative estimate of drug-likeness (QED) is 0.820. The number of halogens is 1. The summed E-state index contributed by atoms with van der Waals surface area (Å²) in [5.74, 6) is -0.0502. The van der Waals surface area contributed by atoms with E-state index < -0.39 is 0 Å². The smallest absolute Gasteiger partial charge is 0.272 e. The maximum atomic E-state index is 12.5. The Balaban J connectivity index is 1.55. The highest BCUT2D eigenvalue weighted by atomic mass is 35.5. The van der Waals surface area contributed by atoms with Crippen molar-refractivity contribution in [1.29, 1.82) is 0 Å². The summed E-state index contributed by atoms with van der Waals surface area (Å²) in [4.78, 5) is 25.6. The average Bonchev–Trinajstić information content (AvgIpc) is 3.04. The molecule has 1 fully saturated rings. The van der Waals surface area contributed by atoms with Gasteiger partial charge in [0.15, 0.2) is 0 Å². The van der Waals surface area contributed by atoms with E-state index in [1.165, 1.54) is 5.01 Å². The molecule has 2 aromatic heterocycles. The summed E-state index contributed by atoms with van der Waals surface area (Å²) in [5, 5.41) is 3.85. The first-order valence-electron chi connectivity index (χ1n) is 8.41. The van der Waals surface area contributed by atoms with Gasteiger partial charge in [0.1, 0.15) is 5.69 Å². The molecule has 0 saturated carbocycles. The minimum Gasteiger partial charge on any atom is -0.335 e. The second kappa shape index (κ2) is 7.40. The average molecular weight is 379 g/mol. The van der Waals surface area contributed by atoms with E-state index in [9.17, 15) is 4.79 Å². The largest absolute Gasteiger partial charge is 0.335 e. The van der Waals surface area contributed by atoms with Gasteiger partial charge in [-0.2, -0.15) is 0 Å². The predicted octanol–water partition coefficient (Wildman–Crippen LogP) is 3.45. The minimum absolute atomic E-state index is 0.0502. The van der Waals surface area contributed by atoms with Crippen LogP contribution in [0.4, 0.5) is 0 Å². The van der Waals surface area contributed by atoms with Gasteiger partial charge in [-0.25, -0.2) is 4.98 Å². The summed E-state index contributed by atoms with van der Waals surface area (Å²) in [6.45, 7) is 10.5. The van der Waals surface area contributed by atoms with E-state index in [-0.39, 0.29) is 11.3 Å². The van der Waals surface area contributed by atoms with Crippen molar-refractivity contribution in [2.75, 3.05) is 26.2 Å². The lowest BCUT2D eigenvalue weighted by molar-refractivity contribution is 0.0621. The zero-order valence-electron chi connectivity index (χ0n) is 14.8. The van der Waals surface area contributed by atoms with Crippen LogP contribution in [0.15, 0.2) is 23.7 Å². The first-order valence-corrected chi connectivity index (χ1v) is 9.67. The number of aromatic nitrogens is 2. The molecule has 0 N–H and O–H groups in total. The van der Waals surface area contributed by atoms with Gasteiger partial charge in [0.25, 0.3) is 5.91 Å². The van der Waals surface area contributed by atoms with Crippen LogP contribution in [-0.2, 0) is 12.0 Å². The Morgan fingerprint density at radius 3 is 2.60 bits per heavy atom. The number of nitrogens with zero attached hydrogens (tertiary/aromatic N) is 4. The van der Waals surface area contributed by atoms with Crippen molar-refractivity contribution >= 4 is 28.8 Å². The molecule has 1 amide bonds. The van der Waals surface area contributed by atoms with Gasteiger partial charge >= 0.3 is 0 Å². The van der Waals surface area contributed by atoms with Crippen molar-refractivity contribution < 1.29 is 4.79 Å². The Morgan fingerprint density at radius 1 is 1.28 bits per heavy atom. The summed E-state index contributed by atoms with van der Waals surface area (Å²) in [6, 6.07) is 3.30. The number of hydrogen-bond donors (Lipinski definition) is 0. The van der Waals surface area contributed by atoms with Gasteiger partial charge < -0.3 is 4.90 Å². The molecule has 7 heteroatoms. The van der Waals surface area contributed by atoms with Gasteiger partial charge in [-0.05, 0) is 12.1 Å². The second-order valence-corrected chi connectivity index (χ2v) is 8.62. The number of amides is 1. The van der Waals surface area contributed by atoms with Crippen LogP contribution in [0.1, 0.15) is 42.0 Å². The highest BCUT2D eigenvalue weighted by Crippen LogP contribution is 2.26. The third-order valence-corrected chi connectivity index (χ3v) is 5.73. The summed E-state index contributed by atoms with van der Waals surface area (Å²) in [6.07, 6.45) is 1.57. The lowest BCUT2D eigenvalue weighted by Crippen LogP contribution is -2.48. The fourth-order valence-electron chi connectivity index (χ4n) is 2.75. The fraction of sp³-hybridized carbons (Fsp3) is 0.500. The van der Waals surface area contributed by atoms with E-state index in [0.29, 0.717) is 23.8 Å². The van der Waals surface area contributed by atoms with E-state index in [1.54, 1.807) is 29.7 Å². The SMILES string of the molecule is CC(C)(C)c1nc(CN2CCN(C(=O)c3cc(Cl)ccn3)CC2)cs1. The second-order valence-electron chi connectivity index (χ2n) is 7.32. The van der Waals surface area contributed by atoms with Crippen LogP contribution >= 0.6 is 22.9 Å². The van der Waals surface area contributed by atoms with Crippen molar-refractivity contribution in [3.05, 3.63) is 45.1 Å². The van der Waals surface area contributed by atoms with Gasteiger partial charge in [0.05, 0.1) is 10.7 Å². The fourth-order valence-corrected chi connectivity index (χ4v) is 3.80. The van der Waals surface area contributed by atoms with Crippen molar-refractivity contribution in [3.8, 4) is 0 Å². The molecule has 0 radical (unpaired) electrons. The number of carbonyl (C=O) groups is 1. The van der Waals surface area contributed by atoms with Gasteiger partial charge in [0.2, 0.25) is 0 Å². The molecule has 25 heavy (non-hydrogen) atoms. The molecule has 0 bridgehead atoms. The maximum Gasteiger partial charge on any atom is 0.272 e. The third-order valence-electron chi connectivity index (χ3n) is 4.18. The Kier molecular flexibility index (Phi) is 5.41. The molecule has 1 saturated heterocycles. The van der Waals surface area contributed by atoms with Gasteiger partial charge in [-0.15, -0.1) is 11.3 Å². The Labute approximate surface area is 157 Å². The lowest BCUT2D eigenvalue weighted by atomic mass is 9.98. The molecule has 0 aliphatic carbocycles. The summed E-state index contributed by atoms with van der Waals surface area (Å²) in [7, 11) is 0. The van der Waals surface area contributed by atoms with Crippen molar-refractivity contribution in [1.82, 2.24) is 19.8 Å². The van der Waals surface area contributed by atoms with Crippen LogP contribution in [0.25, 0.3) is 0 Å². The molecule has 0 aromatic carbocycles. The van der Waals surface area contributed by atoms with Crippen LogP contribution in [0, 0.1) is 0 Å². The number of pyridine rings is 1. The zero-order valence-corrected chi connectivity index (χ0v) is 16.4. The van der Waals surface area contributed by atoms with E-state index >= 15 is 0 Å². The Hall–Kier alpha value is -1.50. The Bertz CT molecular complexity index is 748. The standard InChI is InChI=1S/C18H23ClN4OS/c1-18(2,3)17-21-14(12-25-17)11-22-6-8-23(9-7-22)16(24)15-10-13(19)4-5-20-15/h4-5,10,12H,6-9,11H2,1-3H3. The lowest BCUT2D eigenvalue weighted by Gasteiger charge is -2.34. The molecule has 5 nitrogen and oxygen atoms in total.